The highest BCUT2D eigenvalue weighted by molar-refractivity contribution is 6.20. The number of ether oxygens (including phenoxy) is 1. The van der Waals surface area contributed by atoms with Gasteiger partial charge in [0.2, 0.25) is 0 Å². The van der Waals surface area contributed by atoms with Crippen LogP contribution < -0.4 is 5.32 Å². The number of halogens is 1. The van der Waals surface area contributed by atoms with Gasteiger partial charge in [-0.2, -0.15) is 0 Å². The summed E-state index contributed by atoms with van der Waals surface area (Å²) in [6.45, 7) is 0. The van der Waals surface area contributed by atoms with Gasteiger partial charge in [0.25, 0.3) is 0 Å². The van der Waals surface area contributed by atoms with Gasteiger partial charge in [0, 0.05) is 12.7 Å². The molecule has 0 saturated carbocycles. The molecule has 1 aliphatic heterocycles. The number of esters is 1. The lowest BCUT2D eigenvalue weighted by Gasteiger charge is -2.33. The lowest BCUT2D eigenvalue weighted by Crippen LogP contribution is -2.47. The van der Waals surface area contributed by atoms with Crippen LogP contribution >= 0.6 is 11.6 Å². The molecule has 0 unspecified atom stereocenters. The van der Waals surface area contributed by atoms with Gasteiger partial charge in [0.15, 0.2) is 0 Å². The van der Waals surface area contributed by atoms with Crippen molar-refractivity contribution in [3.8, 4) is 0 Å². The van der Waals surface area contributed by atoms with Crippen molar-refractivity contribution >= 4 is 23.6 Å². The van der Waals surface area contributed by atoms with Crippen molar-refractivity contribution < 1.29 is 14.3 Å². The van der Waals surface area contributed by atoms with E-state index in [1.54, 1.807) is 7.05 Å². The van der Waals surface area contributed by atoms with Crippen LogP contribution in [0, 0.1) is 0 Å². The van der Waals surface area contributed by atoms with E-state index in [2.05, 4.69) is 5.32 Å². The van der Waals surface area contributed by atoms with Gasteiger partial charge in [-0.3, -0.25) is 4.90 Å². The Labute approximate surface area is 122 Å². The van der Waals surface area contributed by atoms with E-state index in [0.717, 1.165) is 5.56 Å². The van der Waals surface area contributed by atoms with Crippen LogP contribution in [-0.2, 0) is 9.53 Å². The Hall–Kier alpha value is -2.01. The second-order valence-electron chi connectivity index (χ2n) is 4.34. The quantitative estimate of drug-likeness (QED) is 0.685. The summed E-state index contributed by atoms with van der Waals surface area (Å²) in [5.41, 5.74) is 1.61. The largest absolute Gasteiger partial charge is 0.466 e. The summed E-state index contributed by atoms with van der Waals surface area (Å²) in [7, 11) is 2.87. The number of hydrogen-bond donors (Lipinski definition) is 1. The number of rotatable bonds is 3. The van der Waals surface area contributed by atoms with E-state index in [1.807, 2.05) is 30.3 Å². The van der Waals surface area contributed by atoms with E-state index < -0.39 is 12.0 Å². The van der Waals surface area contributed by atoms with Crippen LogP contribution in [0.15, 0.2) is 41.6 Å². The van der Waals surface area contributed by atoms with Crippen LogP contribution in [0.2, 0.25) is 0 Å². The van der Waals surface area contributed by atoms with Gasteiger partial charge in [0.1, 0.15) is 0 Å². The number of carbonyl (C=O) groups is 2. The number of methoxy groups -OCH3 is 1. The third-order valence-corrected chi connectivity index (χ3v) is 3.49. The third kappa shape index (κ3) is 2.49. The Kier molecular flexibility index (Phi) is 4.29. The molecule has 0 spiro atoms. The minimum absolute atomic E-state index is 0.0533. The molecule has 1 aromatic carbocycles. The van der Waals surface area contributed by atoms with Crippen LogP contribution in [0.25, 0.3) is 0 Å². The smallest absolute Gasteiger partial charge is 0.338 e. The van der Waals surface area contributed by atoms with Gasteiger partial charge in [-0.05, 0) is 5.56 Å². The van der Waals surface area contributed by atoms with E-state index >= 15 is 0 Å². The number of amides is 2. The molecule has 0 saturated heterocycles. The van der Waals surface area contributed by atoms with Crippen molar-refractivity contribution in [3.63, 3.8) is 0 Å². The van der Waals surface area contributed by atoms with Crippen molar-refractivity contribution in [1.29, 1.82) is 0 Å². The molecule has 0 fully saturated rings. The summed E-state index contributed by atoms with van der Waals surface area (Å²) in [6, 6.07) is 8.37. The fraction of sp³-hybridized carbons (Fsp3) is 0.286. The first-order valence-corrected chi connectivity index (χ1v) is 6.60. The van der Waals surface area contributed by atoms with Gasteiger partial charge in [-0.1, -0.05) is 30.3 Å². The van der Waals surface area contributed by atoms with Gasteiger partial charge >= 0.3 is 12.0 Å². The normalized spacial score (nSPS) is 18.9. The van der Waals surface area contributed by atoms with Crippen LogP contribution in [0.3, 0.4) is 0 Å². The number of nitrogens with zero attached hydrogens (tertiary/aromatic N) is 1. The average Bonchev–Trinajstić information content (AvgIpc) is 2.49. The molecule has 1 aliphatic rings. The molecule has 1 heterocycles. The Balaban J connectivity index is 2.57. The Morgan fingerprint density at radius 1 is 1.40 bits per heavy atom. The van der Waals surface area contributed by atoms with E-state index in [-0.39, 0.29) is 11.9 Å². The Bertz CT molecular complexity index is 557. The first-order chi connectivity index (χ1) is 9.60. The fourth-order valence-electron chi connectivity index (χ4n) is 2.17. The van der Waals surface area contributed by atoms with Crippen molar-refractivity contribution in [2.75, 3.05) is 20.0 Å². The second-order valence-corrected chi connectivity index (χ2v) is 4.61. The predicted molar refractivity (Wildman–Crippen MR) is 75.2 cm³/mol. The van der Waals surface area contributed by atoms with Crippen LogP contribution in [-0.4, -0.2) is 36.9 Å². The highest BCUT2D eigenvalue weighted by Gasteiger charge is 2.35. The predicted octanol–water partition coefficient (Wildman–Crippen LogP) is 2.05. The first kappa shape index (κ1) is 14.4. The van der Waals surface area contributed by atoms with Crippen molar-refractivity contribution in [2.45, 2.75) is 6.04 Å². The highest BCUT2D eigenvalue weighted by atomic mass is 35.5. The summed E-state index contributed by atoms with van der Waals surface area (Å²) in [5.74, 6) is -0.445. The number of allylic oxidation sites excluding steroid dienone is 1. The van der Waals surface area contributed by atoms with Crippen molar-refractivity contribution in [2.24, 2.45) is 0 Å². The van der Waals surface area contributed by atoms with E-state index in [4.69, 9.17) is 16.3 Å². The minimum atomic E-state index is -0.555. The summed E-state index contributed by atoms with van der Waals surface area (Å²) < 4.78 is 4.82. The molecule has 5 nitrogen and oxygen atoms in total. The molecule has 2 rings (SSSR count). The van der Waals surface area contributed by atoms with Crippen molar-refractivity contribution in [3.05, 3.63) is 47.2 Å². The molecule has 106 valence electrons. The number of nitrogens with one attached hydrogen (secondary N) is 1. The zero-order chi connectivity index (χ0) is 14.7. The molecule has 6 heteroatoms. The molecule has 1 atom stereocenters. The van der Waals surface area contributed by atoms with Crippen LogP contribution in [0.1, 0.15) is 11.6 Å². The second kappa shape index (κ2) is 5.96. The zero-order valence-corrected chi connectivity index (χ0v) is 12.0. The maximum atomic E-state index is 12.1. The maximum absolute atomic E-state index is 12.1. The fourth-order valence-corrected chi connectivity index (χ4v) is 2.49. The Morgan fingerprint density at radius 3 is 2.60 bits per heavy atom. The molecule has 20 heavy (non-hydrogen) atoms. The molecular weight excluding hydrogens is 280 g/mol. The molecule has 0 aromatic heterocycles. The summed E-state index contributed by atoms with van der Waals surface area (Å²) in [5, 5.41) is 2.78. The average molecular weight is 295 g/mol. The molecule has 1 aromatic rings. The van der Waals surface area contributed by atoms with Crippen LogP contribution in [0.4, 0.5) is 4.79 Å². The molecule has 0 radical (unpaired) electrons. The summed E-state index contributed by atoms with van der Waals surface area (Å²) >= 11 is 5.90. The summed E-state index contributed by atoms with van der Waals surface area (Å²) in [4.78, 5) is 25.4. The molecule has 0 bridgehead atoms. The lowest BCUT2D eigenvalue weighted by atomic mass is 9.95. The van der Waals surface area contributed by atoms with Crippen molar-refractivity contribution in [1.82, 2.24) is 10.2 Å². The standard InChI is InChI=1S/C14H15ClN2O3/c1-17-10(8-15)11(13(18)20-2)12(16-14(17)19)9-6-4-3-5-7-9/h3-7,12H,8H2,1-2H3,(H,16,19)/t12-/m0/s1. The number of benzene rings is 1. The van der Waals surface area contributed by atoms with Gasteiger partial charge in [-0.15, -0.1) is 11.6 Å². The third-order valence-electron chi connectivity index (χ3n) is 3.24. The number of carbonyl (C=O) groups excluding carboxylic acids is 2. The first-order valence-electron chi connectivity index (χ1n) is 6.06. The molecule has 2 amide bonds. The molecular formula is C14H15ClN2O3. The number of urea groups is 1. The van der Waals surface area contributed by atoms with Gasteiger partial charge in [-0.25, -0.2) is 9.59 Å². The SMILES string of the molecule is COC(=O)C1=C(CCl)N(C)C(=O)N[C@H]1c1ccccc1. The Morgan fingerprint density at radius 2 is 2.05 bits per heavy atom. The summed E-state index contributed by atoms with van der Waals surface area (Å²) in [6.07, 6.45) is 0. The maximum Gasteiger partial charge on any atom is 0.338 e. The van der Waals surface area contributed by atoms with Crippen LogP contribution in [0.5, 0.6) is 0 Å². The highest BCUT2D eigenvalue weighted by Crippen LogP contribution is 2.30. The van der Waals surface area contributed by atoms with Gasteiger partial charge in [0.05, 0.1) is 24.6 Å². The van der Waals surface area contributed by atoms with E-state index in [1.165, 1.54) is 12.0 Å². The molecule has 1 N–H and O–H groups in total. The number of hydrogen-bond acceptors (Lipinski definition) is 3. The zero-order valence-electron chi connectivity index (χ0n) is 11.2. The topological polar surface area (TPSA) is 58.6 Å². The molecule has 0 aliphatic carbocycles. The van der Waals surface area contributed by atoms with Gasteiger partial charge < -0.3 is 10.1 Å². The monoisotopic (exact) mass is 294 g/mol. The lowest BCUT2D eigenvalue weighted by molar-refractivity contribution is -0.136. The number of alkyl halides is 1. The van der Waals surface area contributed by atoms with E-state index in [0.29, 0.717) is 11.3 Å². The van der Waals surface area contributed by atoms with E-state index in [9.17, 15) is 9.59 Å². The minimum Gasteiger partial charge on any atom is -0.466 e.